The highest BCUT2D eigenvalue weighted by molar-refractivity contribution is 5.68. The average Bonchev–Trinajstić information content (AvgIpc) is 3.11. The van der Waals surface area contributed by atoms with Gasteiger partial charge in [0.05, 0.1) is 0 Å². The number of rotatable bonds is 34. The van der Waals surface area contributed by atoms with Gasteiger partial charge in [0.25, 0.3) is 0 Å². The van der Waals surface area contributed by atoms with Gasteiger partial charge in [0.1, 0.15) is 0 Å². The number of unbranched alkanes of at least 4 members (excludes halogenated alkanes) is 24. The van der Waals surface area contributed by atoms with E-state index in [2.05, 4.69) is 69.4 Å². The first kappa shape index (κ1) is 43.4. The maximum atomic E-state index is 4.11. The molecule has 2 rings (SSSR count). The van der Waals surface area contributed by atoms with E-state index in [1.807, 2.05) is 0 Å². The predicted molar refractivity (Wildman–Crippen MR) is 223 cm³/mol. The lowest BCUT2D eigenvalue weighted by Gasteiger charge is -2.21. The Morgan fingerprint density at radius 1 is 0.306 bits per heavy atom. The maximum Gasteiger partial charge on any atom is 0.0419 e. The molecular weight excluding hydrogens is 591 g/mol. The molecule has 280 valence electrons. The normalized spacial score (nSPS) is 11.4. The Morgan fingerprint density at radius 3 is 0.878 bits per heavy atom. The largest absolute Gasteiger partial charge is 0.355 e. The van der Waals surface area contributed by atoms with Crippen molar-refractivity contribution in [1.29, 1.82) is 0 Å². The molecule has 1 heteroatoms. The molecule has 0 aliphatic rings. The Hall–Kier alpha value is -1.76. The van der Waals surface area contributed by atoms with Gasteiger partial charge in [-0.15, -0.1) is 0 Å². The maximum absolute atomic E-state index is 4.11. The summed E-state index contributed by atoms with van der Waals surface area (Å²) in [5, 5.41) is 4.11. The van der Waals surface area contributed by atoms with E-state index >= 15 is 0 Å². The number of benzene rings is 2. The van der Waals surface area contributed by atoms with Crippen molar-refractivity contribution in [1.82, 2.24) is 0 Å². The third-order valence-corrected chi connectivity index (χ3v) is 11.0. The Bertz CT molecular complexity index is 940. The van der Waals surface area contributed by atoms with Crippen LogP contribution in [-0.2, 0) is 25.7 Å². The van der Waals surface area contributed by atoms with Gasteiger partial charge in [0.15, 0.2) is 0 Å². The summed E-state index contributed by atoms with van der Waals surface area (Å²) >= 11 is 0. The molecule has 0 fully saturated rings. The summed E-state index contributed by atoms with van der Waals surface area (Å²) in [5.74, 6) is 0. The molecule has 0 atom stereocenters. The van der Waals surface area contributed by atoms with Crippen molar-refractivity contribution in [3.63, 3.8) is 0 Å². The lowest BCUT2D eigenvalue weighted by atomic mass is 9.93. The molecule has 0 aromatic heterocycles. The zero-order valence-corrected chi connectivity index (χ0v) is 33.6. The molecule has 1 nitrogen and oxygen atoms in total. The highest BCUT2D eigenvalue weighted by Gasteiger charge is 2.13. The minimum atomic E-state index is 1.22. The minimum absolute atomic E-state index is 1.22. The van der Waals surface area contributed by atoms with E-state index in [0.717, 1.165) is 0 Å². The molecule has 2 aromatic rings. The number of hydrogen-bond acceptors (Lipinski definition) is 1. The molecule has 0 saturated heterocycles. The standard InChI is InChI=1S/C48H83N/c1-5-9-13-17-21-25-29-35-43-37-33-41-47(45(43)39-31-27-23-19-15-11-7-3)49-48-42-34-38-44(36-30-26-22-18-14-10-6-2)46(48)40-32-28-24-20-16-12-8-4/h33-34,37-38,41-42,49H,5-32,35-36,39-40H2,1-4H3. The average molecular weight is 674 g/mol. The first-order valence-electron chi connectivity index (χ1n) is 22.2. The van der Waals surface area contributed by atoms with Crippen molar-refractivity contribution >= 4 is 11.4 Å². The summed E-state index contributed by atoms with van der Waals surface area (Å²) in [6, 6.07) is 14.4. The van der Waals surface area contributed by atoms with Crippen molar-refractivity contribution in [3.05, 3.63) is 58.7 Å². The summed E-state index contributed by atoms with van der Waals surface area (Å²) in [6.45, 7) is 9.28. The number of hydrogen-bond donors (Lipinski definition) is 1. The van der Waals surface area contributed by atoms with Crippen LogP contribution in [0.5, 0.6) is 0 Å². The molecule has 0 amide bonds. The number of aryl methyl sites for hydroxylation is 2. The Labute approximate surface area is 307 Å². The second-order valence-electron chi connectivity index (χ2n) is 15.5. The molecular formula is C48H83N. The van der Waals surface area contributed by atoms with Gasteiger partial charge in [0, 0.05) is 11.4 Å². The Kier molecular flexibility index (Phi) is 27.5. The lowest BCUT2D eigenvalue weighted by molar-refractivity contribution is 0.583. The van der Waals surface area contributed by atoms with Gasteiger partial charge < -0.3 is 5.32 Å². The van der Waals surface area contributed by atoms with Crippen molar-refractivity contribution < 1.29 is 0 Å². The van der Waals surface area contributed by atoms with E-state index in [1.165, 1.54) is 217 Å². The number of anilines is 2. The molecule has 0 bridgehead atoms. The molecule has 0 spiro atoms. The van der Waals surface area contributed by atoms with Crippen LogP contribution in [0.25, 0.3) is 0 Å². The van der Waals surface area contributed by atoms with Gasteiger partial charge in [0.2, 0.25) is 0 Å². The second kappa shape index (κ2) is 31.0. The third kappa shape index (κ3) is 20.6. The topological polar surface area (TPSA) is 12.0 Å². The van der Waals surface area contributed by atoms with E-state index in [1.54, 1.807) is 22.3 Å². The van der Waals surface area contributed by atoms with E-state index in [-0.39, 0.29) is 0 Å². The molecule has 49 heavy (non-hydrogen) atoms. The van der Waals surface area contributed by atoms with Gasteiger partial charge >= 0.3 is 0 Å². The van der Waals surface area contributed by atoms with Gasteiger partial charge in [-0.1, -0.05) is 206 Å². The minimum Gasteiger partial charge on any atom is -0.355 e. The summed E-state index contributed by atoms with van der Waals surface area (Å²) < 4.78 is 0. The zero-order valence-electron chi connectivity index (χ0n) is 33.6. The summed E-state index contributed by atoms with van der Waals surface area (Å²) in [5.41, 5.74) is 9.22. The SMILES string of the molecule is CCCCCCCCCc1cccc(Nc2cccc(CCCCCCCCC)c2CCCCCCCCC)c1CCCCCCCCC. The highest BCUT2D eigenvalue weighted by Crippen LogP contribution is 2.32. The number of nitrogens with one attached hydrogen (secondary N) is 1. The first-order chi connectivity index (χ1) is 24.2. The zero-order chi connectivity index (χ0) is 35.0. The van der Waals surface area contributed by atoms with Crippen LogP contribution in [0.4, 0.5) is 11.4 Å². The van der Waals surface area contributed by atoms with Crippen molar-refractivity contribution in [2.45, 2.75) is 233 Å². The molecule has 0 heterocycles. The van der Waals surface area contributed by atoms with E-state index in [9.17, 15) is 0 Å². The van der Waals surface area contributed by atoms with Crippen molar-refractivity contribution in [2.24, 2.45) is 0 Å². The fourth-order valence-corrected chi connectivity index (χ4v) is 7.77. The molecule has 0 saturated carbocycles. The van der Waals surface area contributed by atoms with Crippen LogP contribution in [0.3, 0.4) is 0 Å². The quantitative estimate of drug-likeness (QED) is 0.0729. The summed E-state index contributed by atoms with van der Waals surface area (Å²) in [6.07, 6.45) is 43.5. The van der Waals surface area contributed by atoms with Crippen LogP contribution in [0.1, 0.15) is 230 Å². The second-order valence-corrected chi connectivity index (χ2v) is 15.5. The van der Waals surface area contributed by atoms with E-state index in [0.29, 0.717) is 0 Å². The monoisotopic (exact) mass is 674 g/mol. The highest BCUT2D eigenvalue weighted by atomic mass is 14.9. The predicted octanol–water partition coefficient (Wildman–Crippen LogP) is 16.6. The Balaban J connectivity index is 2.18. The third-order valence-electron chi connectivity index (χ3n) is 11.0. The van der Waals surface area contributed by atoms with Gasteiger partial charge in [-0.25, -0.2) is 0 Å². The molecule has 0 radical (unpaired) electrons. The summed E-state index contributed by atoms with van der Waals surface area (Å²) in [4.78, 5) is 0. The molecule has 0 unspecified atom stereocenters. The van der Waals surface area contributed by atoms with Crippen LogP contribution in [0.15, 0.2) is 36.4 Å². The van der Waals surface area contributed by atoms with Crippen LogP contribution in [-0.4, -0.2) is 0 Å². The van der Waals surface area contributed by atoms with Crippen molar-refractivity contribution in [2.75, 3.05) is 5.32 Å². The van der Waals surface area contributed by atoms with Gasteiger partial charge in [-0.05, 0) is 85.8 Å². The van der Waals surface area contributed by atoms with Crippen molar-refractivity contribution in [3.8, 4) is 0 Å². The van der Waals surface area contributed by atoms with Crippen LogP contribution in [0, 0.1) is 0 Å². The fraction of sp³-hybridized carbons (Fsp3) is 0.750. The Morgan fingerprint density at radius 2 is 0.571 bits per heavy atom. The molecule has 0 aliphatic heterocycles. The van der Waals surface area contributed by atoms with E-state index < -0.39 is 0 Å². The van der Waals surface area contributed by atoms with Gasteiger partial charge in [-0.2, -0.15) is 0 Å². The molecule has 1 N–H and O–H groups in total. The van der Waals surface area contributed by atoms with E-state index in [4.69, 9.17) is 0 Å². The molecule has 0 aliphatic carbocycles. The van der Waals surface area contributed by atoms with Crippen LogP contribution < -0.4 is 5.32 Å². The smallest absolute Gasteiger partial charge is 0.0419 e. The molecule has 2 aromatic carbocycles. The van der Waals surface area contributed by atoms with Crippen LogP contribution in [0.2, 0.25) is 0 Å². The summed E-state index contributed by atoms with van der Waals surface area (Å²) in [7, 11) is 0. The first-order valence-corrected chi connectivity index (χ1v) is 22.2. The van der Waals surface area contributed by atoms with Gasteiger partial charge in [-0.3, -0.25) is 0 Å². The fourth-order valence-electron chi connectivity index (χ4n) is 7.77. The van der Waals surface area contributed by atoms with Crippen LogP contribution >= 0.6 is 0 Å². The lowest BCUT2D eigenvalue weighted by Crippen LogP contribution is -2.06.